The van der Waals surface area contributed by atoms with Gasteiger partial charge in [-0.15, -0.1) is 0 Å². The van der Waals surface area contributed by atoms with E-state index in [9.17, 15) is 4.79 Å². The van der Waals surface area contributed by atoms with E-state index in [0.717, 1.165) is 18.8 Å². The number of hydrogen-bond acceptors (Lipinski definition) is 3. The van der Waals surface area contributed by atoms with Gasteiger partial charge in [0.25, 0.3) is 5.91 Å². The molecule has 1 aromatic rings. The van der Waals surface area contributed by atoms with Gasteiger partial charge in [0.05, 0.1) is 0 Å². The molecule has 1 atom stereocenters. The first-order valence-electron chi connectivity index (χ1n) is 6.29. The van der Waals surface area contributed by atoms with E-state index in [4.69, 9.17) is 4.42 Å². The van der Waals surface area contributed by atoms with E-state index in [1.807, 2.05) is 13.0 Å². The van der Waals surface area contributed by atoms with E-state index < -0.39 is 0 Å². The van der Waals surface area contributed by atoms with Crippen LogP contribution < -0.4 is 5.32 Å². The molecule has 1 fully saturated rings. The van der Waals surface area contributed by atoms with Gasteiger partial charge in [-0.25, -0.2) is 0 Å². The molecule has 1 aliphatic heterocycles. The number of amides is 1. The van der Waals surface area contributed by atoms with Crippen LogP contribution in [-0.2, 0) is 0 Å². The van der Waals surface area contributed by atoms with Crippen molar-refractivity contribution in [2.24, 2.45) is 0 Å². The molecule has 2 heterocycles. The second kappa shape index (κ2) is 5.36. The van der Waals surface area contributed by atoms with Gasteiger partial charge in [-0.1, -0.05) is 6.92 Å². The number of furan rings is 1. The fourth-order valence-corrected chi connectivity index (χ4v) is 2.40. The van der Waals surface area contributed by atoms with Crippen LogP contribution in [0.2, 0.25) is 0 Å². The van der Waals surface area contributed by atoms with Crippen molar-refractivity contribution in [2.75, 3.05) is 19.6 Å². The summed E-state index contributed by atoms with van der Waals surface area (Å²) < 4.78 is 5.29. The molecule has 0 aliphatic carbocycles. The molecule has 1 aliphatic rings. The van der Waals surface area contributed by atoms with E-state index in [1.165, 1.54) is 12.8 Å². The lowest BCUT2D eigenvalue weighted by Gasteiger charge is -2.22. The summed E-state index contributed by atoms with van der Waals surface area (Å²) in [5.74, 6) is 1.07. The number of nitrogens with one attached hydrogen (secondary N) is 1. The number of carbonyl (C=O) groups is 1. The van der Waals surface area contributed by atoms with Crippen LogP contribution in [0.5, 0.6) is 0 Å². The molecular formula is C13H20N2O2. The fourth-order valence-electron chi connectivity index (χ4n) is 2.40. The number of carbonyl (C=O) groups excluding carboxylic acids is 1. The average Bonchev–Trinajstić information content (AvgIpc) is 2.94. The van der Waals surface area contributed by atoms with Crippen LogP contribution in [0, 0.1) is 6.92 Å². The zero-order valence-electron chi connectivity index (χ0n) is 10.5. The van der Waals surface area contributed by atoms with Crippen molar-refractivity contribution < 1.29 is 9.21 Å². The predicted octanol–water partition coefficient (Wildman–Crippen LogP) is 1.80. The number of aryl methyl sites for hydroxylation is 1. The quantitative estimate of drug-likeness (QED) is 0.867. The van der Waals surface area contributed by atoms with Crippen molar-refractivity contribution >= 4 is 5.91 Å². The Morgan fingerprint density at radius 1 is 1.59 bits per heavy atom. The lowest BCUT2D eigenvalue weighted by Crippen LogP contribution is -2.39. The zero-order valence-corrected chi connectivity index (χ0v) is 10.5. The van der Waals surface area contributed by atoms with Crippen molar-refractivity contribution in [1.29, 1.82) is 0 Å². The number of likely N-dealkylation sites (tertiary alicyclic amines) is 1. The van der Waals surface area contributed by atoms with E-state index in [-0.39, 0.29) is 5.91 Å². The SMILES string of the molecule is CCN1CCC[C@@H]1CNC(=O)c1ccc(C)o1. The maximum absolute atomic E-state index is 11.8. The smallest absolute Gasteiger partial charge is 0.287 e. The monoisotopic (exact) mass is 236 g/mol. The molecule has 0 spiro atoms. The normalized spacial score (nSPS) is 20.7. The van der Waals surface area contributed by atoms with Gasteiger partial charge in [0.15, 0.2) is 5.76 Å². The van der Waals surface area contributed by atoms with Crippen LogP contribution in [0.1, 0.15) is 36.1 Å². The molecule has 1 aromatic heterocycles. The Labute approximate surface area is 102 Å². The fraction of sp³-hybridized carbons (Fsp3) is 0.615. The van der Waals surface area contributed by atoms with Gasteiger partial charge in [-0.2, -0.15) is 0 Å². The Morgan fingerprint density at radius 2 is 2.41 bits per heavy atom. The third-order valence-electron chi connectivity index (χ3n) is 3.37. The van der Waals surface area contributed by atoms with Gasteiger partial charge in [0, 0.05) is 12.6 Å². The molecule has 0 unspecified atom stereocenters. The maximum atomic E-state index is 11.8. The molecule has 1 amide bonds. The Morgan fingerprint density at radius 3 is 3.06 bits per heavy atom. The van der Waals surface area contributed by atoms with Crippen molar-refractivity contribution in [3.05, 3.63) is 23.7 Å². The summed E-state index contributed by atoms with van der Waals surface area (Å²) >= 11 is 0. The molecule has 0 saturated carbocycles. The second-order valence-corrected chi connectivity index (χ2v) is 4.54. The first-order chi connectivity index (χ1) is 8.20. The van der Waals surface area contributed by atoms with Gasteiger partial charge < -0.3 is 9.73 Å². The maximum Gasteiger partial charge on any atom is 0.287 e. The highest BCUT2D eigenvalue weighted by Gasteiger charge is 2.23. The number of nitrogens with zero attached hydrogens (tertiary/aromatic N) is 1. The molecule has 94 valence electrons. The molecule has 17 heavy (non-hydrogen) atoms. The zero-order chi connectivity index (χ0) is 12.3. The summed E-state index contributed by atoms with van der Waals surface area (Å²) in [7, 11) is 0. The summed E-state index contributed by atoms with van der Waals surface area (Å²) in [5.41, 5.74) is 0. The molecule has 0 radical (unpaired) electrons. The largest absolute Gasteiger partial charge is 0.456 e. The highest BCUT2D eigenvalue weighted by Crippen LogP contribution is 2.15. The van der Waals surface area contributed by atoms with Gasteiger partial charge in [0.1, 0.15) is 5.76 Å². The van der Waals surface area contributed by atoms with E-state index >= 15 is 0 Å². The van der Waals surface area contributed by atoms with Crippen molar-refractivity contribution in [1.82, 2.24) is 10.2 Å². The van der Waals surface area contributed by atoms with Crippen molar-refractivity contribution in [3.63, 3.8) is 0 Å². The standard InChI is InChI=1S/C13H20N2O2/c1-3-15-8-4-5-11(15)9-14-13(16)12-7-6-10(2)17-12/h6-7,11H,3-5,8-9H2,1-2H3,(H,14,16)/t11-/m1/s1. The summed E-state index contributed by atoms with van der Waals surface area (Å²) in [4.78, 5) is 14.2. The molecule has 1 saturated heterocycles. The minimum atomic E-state index is -0.110. The molecule has 4 nitrogen and oxygen atoms in total. The van der Waals surface area contributed by atoms with E-state index in [1.54, 1.807) is 6.07 Å². The molecule has 2 rings (SSSR count). The summed E-state index contributed by atoms with van der Waals surface area (Å²) in [6.07, 6.45) is 2.40. The lowest BCUT2D eigenvalue weighted by molar-refractivity contribution is 0.0912. The Hall–Kier alpha value is -1.29. The van der Waals surface area contributed by atoms with Gasteiger partial charge in [-0.05, 0) is 45.0 Å². The molecule has 1 N–H and O–H groups in total. The van der Waals surface area contributed by atoms with Crippen LogP contribution in [-0.4, -0.2) is 36.5 Å². The minimum absolute atomic E-state index is 0.110. The molecule has 0 bridgehead atoms. The first kappa shape index (κ1) is 12.2. The third-order valence-corrected chi connectivity index (χ3v) is 3.37. The third kappa shape index (κ3) is 2.88. The Bertz CT molecular complexity index is 387. The van der Waals surface area contributed by atoms with Crippen molar-refractivity contribution in [2.45, 2.75) is 32.7 Å². The summed E-state index contributed by atoms with van der Waals surface area (Å²) in [5, 5.41) is 2.94. The Kier molecular flexibility index (Phi) is 3.84. The number of rotatable bonds is 4. The number of likely N-dealkylation sites (N-methyl/N-ethyl adjacent to an activating group) is 1. The highest BCUT2D eigenvalue weighted by molar-refractivity contribution is 5.91. The topological polar surface area (TPSA) is 45.5 Å². The van der Waals surface area contributed by atoms with E-state index in [2.05, 4.69) is 17.1 Å². The van der Waals surface area contributed by atoms with Gasteiger partial charge in [-0.3, -0.25) is 9.69 Å². The number of hydrogen-bond donors (Lipinski definition) is 1. The summed E-state index contributed by atoms with van der Waals surface area (Å²) in [6, 6.07) is 4.01. The average molecular weight is 236 g/mol. The summed E-state index contributed by atoms with van der Waals surface area (Å²) in [6.45, 7) is 6.92. The minimum Gasteiger partial charge on any atom is -0.456 e. The van der Waals surface area contributed by atoms with Gasteiger partial charge in [0.2, 0.25) is 0 Å². The van der Waals surface area contributed by atoms with Crippen LogP contribution >= 0.6 is 0 Å². The molecule has 0 aromatic carbocycles. The van der Waals surface area contributed by atoms with Gasteiger partial charge >= 0.3 is 0 Å². The molecular weight excluding hydrogens is 216 g/mol. The van der Waals surface area contributed by atoms with Crippen LogP contribution in [0.25, 0.3) is 0 Å². The second-order valence-electron chi connectivity index (χ2n) is 4.54. The van der Waals surface area contributed by atoms with Crippen LogP contribution in [0.3, 0.4) is 0 Å². The highest BCUT2D eigenvalue weighted by atomic mass is 16.3. The predicted molar refractivity (Wildman–Crippen MR) is 66.0 cm³/mol. The Balaban J connectivity index is 1.84. The van der Waals surface area contributed by atoms with Crippen LogP contribution in [0.15, 0.2) is 16.5 Å². The first-order valence-corrected chi connectivity index (χ1v) is 6.29. The van der Waals surface area contributed by atoms with Crippen molar-refractivity contribution in [3.8, 4) is 0 Å². The van der Waals surface area contributed by atoms with Crippen LogP contribution in [0.4, 0.5) is 0 Å². The lowest BCUT2D eigenvalue weighted by atomic mass is 10.2. The van der Waals surface area contributed by atoms with E-state index in [0.29, 0.717) is 18.3 Å². The molecule has 4 heteroatoms.